The van der Waals surface area contributed by atoms with Crippen LogP contribution in [0.4, 0.5) is 0 Å². The van der Waals surface area contributed by atoms with E-state index < -0.39 is 12.0 Å². The minimum absolute atomic E-state index is 0.0000954. The standard InChI is InChI=1S/C16H25NO3/c1-2-12-8-9-17(14(10-12)16(19)20)15(18)11-13-6-4-3-5-7-13/h6,12,14H,2-5,7-11H2,1H3,(H,19,20). The van der Waals surface area contributed by atoms with E-state index >= 15 is 0 Å². The van der Waals surface area contributed by atoms with Crippen LogP contribution < -0.4 is 0 Å². The number of carboxylic acids is 1. The Balaban J connectivity index is 1.99. The second-order valence-electron chi connectivity index (χ2n) is 6.02. The predicted molar refractivity (Wildman–Crippen MR) is 77.3 cm³/mol. The molecule has 1 amide bonds. The van der Waals surface area contributed by atoms with Gasteiger partial charge in [-0.15, -0.1) is 0 Å². The quantitative estimate of drug-likeness (QED) is 0.805. The zero-order valence-electron chi connectivity index (χ0n) is 12.3. The largest absolute Gasteiger partial charge is 0.480 e. The molecule has 0 radical (unpaired) electrons. The summed E-state index contributed by atoms with van der Waals surface area (Å²) in [7, 11) is 0. The Hall–Kier alpha value is -1.32. The van der Waals surface area contributed by atoms with Gasteiger partial charge >= 0.3 is 5.97 Å². The first-order chi connectivity index (χ1) is 9.61. The third-order valence-corrected chi connectivity index (χ3v) is 4.66. The Kier molecular flexibility index (Phi) is 5.21. The second-order valence-corrected chi connectivity index (χ2v) is 6.02. The van der Waals surface area contributed by atoms with Crippen LogP contribution in [0.15, 0.2) is 11.6 Å². The molecule has 0 spiro atoms. The van der Waals surface area contributed by atoms with Crippen LogP contribution >= 0.6 is 0 Å². The number of carbonyl (C=O) groups excluding carboxylic acids is 1. The van der Waals surface area contributed by atoms with Crippen molar-refractivity contribution in [2.75, 3.05) is 6.54 Å². The third kappa shape index (κ3) is 3.62. The van der Waals surface area contributed by atoms with Gasteiger partial charge in [-0.25, -0.2) is 4.79 Å². The summed E-state index contributed by atoms with van der Waals surface area (Å²) < 4.78 is 0. The third-order valence-electron chi connectivity index (χ3n) is 4.66. The van der Waals surface area contributed by atoms with Gasteiger partial charge < -0.3 is 10.0 Å². The summed E-state index contributed by atoms with van der Waals surface area (Å²) in [4.78, 5) is 25.4. The lowest BCUT2D eigenvalue weighted by atomic mass is 9.88. The van der Waals surface area contributed by atoms with Crippen molar-refractivity contribution in [3.63, 3.8) is 0 Å². The molecule has 0 saturated carbocycles. The number of nitrogens with zero attached hydrogens (tertiary/aromatic N) is 1. The molecule has 0 bridgehead atoms. The molecule has 20 heavy (non-hydrogen) atoms. The molecule has 1 aliphatic carbocycles. The molecule has 0 aromatic carbocycles. The number of likely N-dealkylation sites (tertiary alicyclic amines) is 1. The molecule has 1 heterocycles. The van der Waals surface area contributed by atoms with E-state index in [9.17, 15) is 14.7 Å². The number of piperidine rings is 1. The molecule has 1 N–H and O–H groups in total. The van der Waals surface area contributed by atoms with Crippen molar-refractivity contribution in [2.45, 2.75) is 64.3 Å². The highest BCUT2D eigenvalue weighted by atomic mass is 16.4. The first kappa shape index (κ1) is 15.1. The Bertz CT molecular complexity index is 403. The molecular weight excluding hydrogens is 254 g/mol. The van der Waals surface area contributed by atoms with Gasteiger partial charge in [0.25, 0.3) is 0 Å². The van der Waals surface area contributed by atoms with Crippen LogP contribution in [0.1, 0.15) is 58.3 Å². The van der Waals surface area contributed by atoms with Gasteiger partial charge in [-0.3, -0.25) is 4.79 Å². The predicted octanol–water partition coefficient (Wildman–Crippen LogP) is 2.98. The molecule has 2 rings (SSSR count). The van der Waals surface area contributed by atoms with Gasteiger partial charge in [-0.05, 0) is 44.4 Å². The number of hydrogen-bond donors (Lipinski definition) is 1. The summed E-state index contributed by atoms with van der Waals surface area (Å²) in [6.07, 6.45) is 9.53. The maximum atomic E-state index is 12.4. The summed E-state index contributed by atoms with van der Waals surface area (Å²) in [6.45, 7) is 2.69. The van der Waals surface area contributed by atoms with E-state index in [0.717, 1.165) is 32.1 Å². The Labute approximate surface area is 120 Å². The summed E-state index contributed by atoms with van der Waals surface area (Å²) in [5.41, 5.74) is 1.20. The van der Waals surface area contributed by atoms with Crippen LogP contribution in [0.3, 0.4) is 0 Å². The van der Waals surface area contributed by atoms with E-state index in [2.05, 4.69) is 13.0 Å². The number of amides is 1. The number of allylic oxidation sites excluding steroid dienone is 1. The smallest absolute Gasteiger partial charge is 0.326 e. The monoisotopic (exact) mass is 279 g/mol. The van der Waals surface area contributed by atoms with Gasteiger partial charge in [0.2, 0.25) is 5.91 Å². The number of carboxylic acid groups (broad SMARTS) is 1. The maximum absolute atomic E-state index is 12.4. The fraction of sp³-hybridized carbons (Fsp3) is 0.750. The molecule has 1 fully saturated rings. The van der Waals surface area contributed by atoms with Crippen molar-refractivity contribution in [3.8, 4) is 0 Å². The SMILES string of the molecule is CCC1CCN(C(=O)CC2=CCCCC2)C(C(=O)O)C1. The van der Waals surface area contributed by atoms with E-state index in [1.54, 1.807) is 4.90 Å². The second kappa shape index (κ2) is 6.91. The van der Waals surface area contributed by atoms with Gasteiger partial charge in [0.1, 0.15) is 6.04 Å². The van der Waals surface area contributed by atoms with Crippen molar-refractivity contribution in [1.82, 2.24) is 4.90 Å². The minimum Gasteiger partial charge on any atom is -0.480 e. The zero-order valence-corrected chi connectivity index (χ0v) is 12.3. The van der Waals surface area contributed by atoms with Gasteiger partial charge in [-0.1, -0.05) is 25.0 Å². The molecule has 2 aliphatic rings. The van der Waals surface area contributed by atoms with Crippen molar-refractivity contribution >= 4 is 11.9 Å². The molecule has 0 aromatic rings. The highest BCUT2D eigenvalue weighted by Crippen LogP contribution is 2.28. The summed E-state index contributed by atoms with van der Waals surface area (Å²) in [6, 6.07) is -0.620. The summed E-state index contributed by atoms with van der Waals surface area (Å²) >= 11 is 0. The molecule has 1 aliphatic heterocycles. The van der Waals surface area contributed by atoms with E-state index in [1.165, 1.54) is 12.0 Å². The van der Waals surface area contributed by atoms with Crippen LogP contribution in [0.5, 0.6) is 0 Å². The highest BCUT2D eigenvalue weighted by Gasteiger charge is 2.35. The zero-order chi connectivity index (χ0) is 14.5. The first-order valence-electron chi connectivity index (χ1n) is 7.82. The summed E-state index contributed by atoms with van der Waals surface area (Å²) in [5, 5.41) is 9.37. The number of rotatable bonds is 4. The van der Waals surface area contributed by atoms with Crippen LogP contribution in [0.25, 0.3) is 0 Å². The molecule has 4 nitrogen and oxygen atoms in total. The van der Waals surface area contributed by atoms with Crippen molar-refractivity contribution in [1.29, 1.82) is 0 Å². The van der Waals surface area contributed by atoms with Gasteiger partial charge in [-0.2, -0.15) is 0 Å². The lowest BCUT2D eigenvalue weighted by molar-refractivity contribution is -0.153. The van der Waals surface area contributed by atoms with E-state index in [4.69, 9.17) is 0 Å². The molecule has 2 atom stereocenters. The summed E-state index contributed by atoms with van der Waals surface area (Å²) in [5.74, 6) is -0.414. The van der Waals surface area contributed by atoms with E-state index in [1.807, 2.05) is 0 Å². The van der Waals surface area contributed by atoms with E-state index in [0.29, 0.717) is 25.3 Å². The Morgan fingerprint density at radius 2 is 2.20 bits per heavy atom. The van der Waals surface area contributed by atoms with Crippen LogP contribution in [0.2, 0.25) is 0 Å². The first-order valence-corrected chi connectivity index (χ1v) is 7.82. The number of hydrogen-bond acceptors (Lipinski definition) is 2. The van der Waals surface area contributed by atoms with Gasteiger partial charge in [0.05, 0.1) is 0 Å². The molecule has 1 saturated heterocycles. The van der Waals surface area contributed by atoms with Crippen LogP contribution in [-0.4, -0.2) is 34.5 Å². The molecule has 2 unspecified atom stereocenters. The maximum Gasteiger partial charge on any atom is 0.326 e. The number of aliphatic carboxylic acids is 1. The van der Waals surface area contributed by atoms with Crippen LogP contribution in [0, 0.1) is 5.92 Å². The van der Waals surface area contributed by atoms with Gasteiger partial charge in [0.15, 0.2) is 0 Å². The Morgan fingerprint density at radius 3 is 2.80 bits per heavy atom. The fourth-order valence-corrected chi connectivity index (χ4v) is 3.30. The minimum atomic E-state index is -0.853. The van der Waals surface area contributed by atoms with Crippen LogP contribution in [-0.2, 0) is 9.59 Å². The lowest BCUT2D eigenvalue weighted by Gasteiger charge is -2.37. The molecule has 112 valence electrons. The fourth-order valence-electron chi connectivity index (χ4n) is 3.30. The average molecular weight is 279 g/mol. The topological polar surface area (TPSA) is 57.6 Å². The van der Waals surface area contributed by atoms with Crippen molar-refractivity contribution in [3.05, 3.63) is 11.6 Å². The molecule has 4 heteroatoms. The van der Waals surface area contributed by atoms with Crippen molar-refractivity contribution in [2.24, 2.45) is 5.92 Å². The highest BCUT2D eigenvalue weighted by molar-refractivity contribution is 5.85. The Morgan fingerprint density at radius 1 is 1.40 bits per heavy atom. The van der Waals surface area contributed by atoms with Gasteiger partial charge in [0, 0.05) is 13.0 Å². The normalized spacial score (nSPS) is 27.1. The average Bonchev–Trinajstić information content (AvgIpc) is 2.47. The van der Waals surface area contributed by atoms with Crippen molar-refractivity contribution < 1.29 is 14.7 Å². The lowest BCUT2D eigenvalue weighted by Crippen LogP contribution is -2.50. The molecule has 0 aromatic heterocycles. The molecular formula is C16H25NO3. The number of carbonyl (C=O) groups is 2. The van der Waals surface area contributed by atoms with E-state index in [-0.39, 0.29) is 5.91 Å².